The number of aliphatic imine (C=N–C) groups is 1. The first kappa shape index (κ1) is 20.9. The highest BCUT2D eigenvalue weighted by Crippen LogP contribution is 2.42. The van der Waals surface area contributed by atoms with Crippen molar-refractivity contribution in [2.24, 2.45) is 4.99 Å². The topological polar surface area (TPSA) is 76.0 Å². The summed E-state index contributed by atoms with van der Waals surface area (Å²) in [5.41, 5.74) is 3.96. The lowest BCUT2D eigenvalue weighted by molar-refractivity contribution is -0.117. The molecule has 0 unspecified atom stereocenters. The number of ether oxygens (including phenoxy) is 1. The Morgan fingerprint density at radius 3 is 2.60 bits per heavy atom. The minimum absolute atomic E-state index is 0.0870. The molecule has 0 spiro atoms. The van der Waals surface area contributed by atoms with Crippen molar-refractivity contribution in [3.05, 3.63) is 59.2 Å². The summed E-state index contributed by atoms with van der Waals surface area (Å²) in [5, 5.41) is 0.481. The van der Waals surface area contributed by atoms with Crippen LogP contribution in [0.4, 0.5) is 5.69 Å². The van der Waals surface area contributed by atoms with Gasteiger partial charge in [0.15, 0.2) is 15.0 Å². The first-order chi connectivity index (χ1) is 14.3. The zero-order valence-electron chi connectivity index (χ0n) is 17.2. The van der Waals surface area contributed by atoms with E-state index < -0.39 is 9.84 Å². The molecule has 2 fully saturated rings. The number of benzene rings is 2. The third kappa shape index (κ3) is 4.11. The largest absolute Gasteiger partial charge is 0.497 e. The number of anilines is 1. The highest BCUT2D eigenvalue weighted by Gasteiger charge is 2.49. The minimum Gasteiger partial charge on any atom is -0.497 e. The van der Waals surface area contributed by atoms with E-state index in [2.05, 4.69) is 4.99 Å². The number of sulfone groups is 1. The molecule has 30 heavy (non-hydrogen) atoms. The van der Waals surface area contributed by atoms with Crippen LogP contribution in [0.25, 0.3) is 0 Å². The molecule has 0 N–H and O–H groups in total. The average Bonchev–Trinajstić information content (AvgIpc) is 3.15. The van der Waals surface area contributed by atoms with Crippen LogP contribution in [0.1, 0.15) is 16.7 Å². The van der Waals surface area contributed by atoms with Gasteiger partial charge in [0.25, 0.3) is 5.91 Å². The molecule has 158 valence electrons. The van der Waals surface area contributed by atoms with Crippen LogP contribution >= 0.6 is 11.8 Å². The zero-order valence-corrected chi connectivity index (χ0v) is 18.8. The molecule has 1 amide bonds. The second-order valence-electron chi connectivity index (χ2n) is 7.70. The fraction of sp³-hybridized carbons (Fsp3) is 0.364. The van der Waals surface area contributed by atoms with Gasteiger partial charge in [0.05, 0.1) is 31.1 Å². The molecular weight excluding hydrogens is 420 g/mol. The molecule has 4 rings (SSSR count). The van der Waals surface area contributed by atoms with E-state index in [0.29, 0.717) is 5.17 Å². The van der Waals surface area contributed by atoms with Gasteiger partial charge in [-0.1, -0.05) is 36.0 Å². The lowest BCUT2D eigenvalue weighted by Gasteiger charge is -2.26. The molecule has 0 bridgehead atoms. The number of thioether (sulfide) groups is 1. The molecule has 0 aromatic heterocycles. The summed E-state index contributed by atoms with van der Waals surface area (Å²) in [6.07, 6.45) is 0.183. The third-order valence-electron chi connectivity index (χ3n) is 5.64. The maximum absolute atomic E-state index is 12.7. The average molecular weight is 445 g/mol. The first-order valence-electron chi connectivity index (χ1n) is 9.74. The van der Waals surface area contributed by atoms with Gasteiger partial charge in [-0.3, -0.25) is 4.79 Å². The number of amidine groups is 1. The van der Waals surface area contributed by atoms with Crippen LogP contribution in [0.3, 0.4) is 0 Å². The van der Waals surface area contributed by atoms with Gasteiger partial charge in [-0.2, -0.15) is 4.99 Å². The summed E-state index contributed by atoms with van der Waals surface area (Å²) in [4.78, 5) is 19.1. The van der Waals surface area contributed by atoms with Crippen LogP contribution in [0, 0.1) is 13.8 Å². The van der Waals surface area contributed by atoms with Gasteiger partial charge in [0.2, 0.25) is 0 Å². The van der Waals surface area contributed by atoms with Crippen molar-refractivity contribution in [1.82, 2.24) is 0 Å². The number of aryl methyl sites for hydroxylation is 1. The van der Waals surface area contributed by atoms with Crippen molar-refractivity contribution in [2.75, 3.05) is 23.5 Å². The molecular formula is C22H24N2O4S2. The minimum atomic E-state index is -3.09. The molecule has 0 aliphatic carbocycles. The molecule has 2 saturated heterocycles. The number of amides is 1. The smallest absolute Gasteiger partial charge is 0.252 e. The lowest BCUT2D eigenvalue weighted by Crippen LogP contribution is -2.38. The van der Waals surface area contributed by atoms with E-state index in [-0.39, 0.29) is 35.1 Å². The van der Waals surface area contributed by atoms with Crippen molar-refractivity contribution in [1.29, 1.82) is 0 Å². The van der Waals surface area contributed by atoms with Gasteiger partial charge in [0.1, 0.15) is 5.75 Å². The van der Waals surface area contributed by atoms with Crippen molar-refractivity contribution in [3.63, 3.8) is 0 Å². The summed E-state index contributed by atoms with van der Waals surface area (Å²) in [7, 11) is -1.49. The van der Waals surface area contributed by atoms with Crippen LogP contribution in [0.5, 0.6) is 5.75 Å². The highest BCUT2D eigenvalue weighted by molar-refractivity contribution is 8.16. The highest BCUT2D eigenvalue weighted by atomic mass is 32.2. The van der Waals surface area contributed by atoms with Crippen molar-refractivity contribution in [3.8, 4) is 5.75 Å². The Morgan fingerprint density at radius 1 is 1.17 bits per heavy atom. The standard InChI is InChI=1S/C22H24N2O4S2/c1-14-5-4-6-18(15(14)2)24-19-12-30(26,27)13-20(19)29-22(24)23-21(25)11-16-7-9-17(28-3)10-8-16/h4-10,19-20H,11-13H2,1-3H3/t19-,20+/m1/s1. The molecule has 6 nitrogen and oxygen atoms in total. The Balaban J connectivity index is 1.65. The summed E-state index contributed by atoms with van der Waals surface area (Å²) < 4.78 is 29.6. The maximum atomic E-state index is 12.7. The van der Waals surface area contributed by atoms with E-state index >= 15 is 0 Å². The Bertz CT molecular complexity index is 1110. The third-order valence-corrected chi connectivity index (χ3v) is 8.85. The molecule has 2 heterocycles. The number of rotatable bonds is 4. The number of carbonyl (C=O) groups is 1. The van der Waals surface area contributed by atoms with E-state index in [4.69, 9.17) is 4.74 Å². The normalized spacial score (nSPS) is 23.6. The number of fused-ring (bicyclic) bond motifs is 1. The van der Waals surface area contributed by atoms with E-state index in [1.54, 1.807) is 7.11 Å². The van der Waals surface area contributed by atoms with Gasteiger partial charge >= 0.3 is 0 Å². The van der Waals surface area contributed by atoms with E-state index in [9.17, 15) is 13.2 Å². The molecule has 2 aromatic carbocycles. The molecule has 8 heteroatoms. The predicted octanol–water partition coefficient (Wildman–Crippen LogP) is 3.16. The van der Waals surface area contributed by atoms with Gasteiger partial charge < -0.3 is 9.64 Å². The van der Waals surface area contributed by atoms with E-state index in [1.165, 1.54) is 11.8 Å². The van der Waals surface area contributed by atoms with Gasteiger partial charge in [-0.25, -0.2) is 8.42 Å². The molecule has 2 atom stereocenters. The van der Waals surface area contributed by atoms with Gasteiger partial charge in [-0.05, 0) is 48.7 Å². The number of hydrogen-bond acceptors (Lipinski definition) is 5. The second-order valence-corrected chi connectivity index (χ2v) is 11.1. The Kier molecular flexibility index (Phi) is 5.63. The quantitative estimate of drug-likeness (QED) is 0.721. The number of hydrogen-bond donors (Lipinski definition) is 0. The fourth-order valence-electron chi connectivity index (χ4n) is 3.91. The summed E-state index contributed by atoms with van der Waals surface area (Å²) >= 11 is 1.40. The van der Waals surface area contributed by atoms with Crippen LogP contribution in [-0.2, 0) is 21.1 Å². The van der Waals surface area contributed by atoms with Crippen LogP contribution in [0.15, 0.2) is 47.5 Å². The van der Waals surface area contributed by atoms with Crippen LogP contribution in [0.2, 0.25) is 0 Å². The van der Waals surface area contributed by atoms with E-state index in [0.717, 1.165) is 28.1 Å². The van der Waals surface area contributed by atoms with Crippen molar-refractivity contribution >= 4 is 38.4 Å². The first-order valence-corrected chi connectivity index (χ1v) is 12.4. The second kappa shape index (κ2) is 8.07. The predicted molar refractivity (Wildman–Crippen MR) is 121 cm³/mol. The maximum Gasteiger partial charge on any atom is 0.252 e. The van der Waals surface area contributed by atoms with Crippen molar-refractivity contribution < 1.29 is 17.9 Å². The number of carbonyl (C=O) groups excluding carboxylic acids is 1. The molecule has 0 radical (unpaired) electrons. The lowest BCUT2D eigenvalue weighted by atomic mass is 10.1. The Hall–Kier alpha value is -2.32. The fourth-order valence-corrected chi connectivity index (χ4v) is 7.83. The molecule has 2 aliphatic rings. The van der Waals surface area contributed by atoms with Crippen molar-refractivity contribution in [2.45, 2.75) is 31.6 Å². The zero-order chi connectivity index (χ0) is 21.5. The summed E-state index contributed by atoms with van der Waals surface area (Å²) in [6, 6.07) is 13.1. The SMILES string of the molecule is COc1ccc(CC(=O)N=C2S[C@H]3CS(=O)(=O)C[C@H]3N2c2cccc(C)c2C)cc1. The Morgan fingerprint density at radius 2 is 1.90 bits per heavy atom. The van der Waals surface area contributed by atoms with Crippen LogP contribution in [-0.4, -0.2) is 49.4 Å². The molecule has 0 saturated carbocycles. The van der Waals surface area contributed by atoms with Crippen LogP contribution < -0.4 is 9.64 Å². The number of methoxy groups -OCH3 is 1. The molecule has 2 aromatic rings. The Labute approximate surface area is 181 Å². The van der Waals surface area contributed by atoms with E-state index in [1.807, 2.05) is 61.2 Å². The summed E-state index contributed by atoms with van der Waals surface area (Å²) in [5.74, 6) is 0.693. The summed E-state index contributed by atoms with van der Waals surface area (Å²) in [6.45, 7) is 4.04. The molecule has 2 aliphatic heterocycles. The number of nitrogens with zero attached hydrogens (tertiary/aromatic N) is 2. The van der Waals surface area contributed by atoms with Gasteiger partial charge in [-0.15, -0.1) is 0 Å². The monoisotopic (exact) mass is 444 g/mol. The van der Waals surface area contributed by atoms with Gasteiger partial charge in [0, 0.05) is 10.9 Å².